The molecule has 0 fully saturated rings. The summed E-state index contributed by atoms with van der Waals surface area (Å²) >= 11 is 0. The van der Waals surface area contributed by atoms with Gasteiger partial charge in [-0.15, -0.1) is 0 Å². The molecule has 1 aromatic carbocycles. The molecule has 19 heavy (non-hydrogen) atoms. The number of hydrogen-bond acceptors (Lipinski definition) is 4. The average Bonchev–Trinajstić information content (AvgIpc) is 2.37. The zero-order valence-corrected chi connectivity index (χ0v) is 10.6. The molecule has 0 heterocycles. The van der Waals surface area contributed by atoms with Crippen LogP contribution in [0.4, 0.5) is 4.79 Å². The molecule has 1 rings (SSSR count). The number of benzene rings is 1. The van der Waals surface area contributed by atoms with Gasteiger partial charge in [-0.3, -0.25) is 10.5 Å². The first kappa shape index (κ1) is 14.5. The molecule has 0 atom stereocenters. The van der Waals surface area contributed by atoms with Crippen LogP contribution in [-0.4, -0.2) is 31.6 Å². The van der Waals surface area contributed by atoms with Crippen molar-refractivity contribution in [2.24, 2.45) is 10.7 Å². The molecule has 7 heteroatoms. The highest BCUT2D eigenvalue weighted by atomic mass is 16.5. The van der Waals surface area contributed by atoms with Gasteiger partial charge >= 0.3 is 6.09 Å². The van der Waals surface area contributed by atoms with Crippen LogP contribution in [0.2, 0.25) is 0 Å². The summed E-state index contributed by atoms with van der Waals surface area (Å²) in [6.07, 6.45) is -0.792. The third kappa shape index (κ3) is 3.70. The molecule has 101 valence electrons. The van der Waals surface area contributed by atoms with E-state index in [1.807, 2.05) is 0 Å². The lowest BCUT2D eigenvalue weighted by Gasteiger charge is -2.07. The first-order valence-electron chi connectivity index (χ1n) is 5.44. The Morgan fingerprint density at radius 3 is 2.63 bits per heavy atom. The topological polar surface area (TPSA) is 115 Å². The van der Waals surface area contributed by atoms with Crippen molar-refractivity contribution in [1.29, 1.82) is 0 Å². The van der Waals surface area contributed by atoms with Gasteiger partial charge in [0.2, 0.25) is 0 Å². The van der Waals surface area contributed by atoms with Crippen LogP contribution in [0.15, 0.2) is 23.2 Å². The van der Waals surface area contributed by atoms with Crippen LogP contribution in [-0.2, 0) is 4.74 Å². The van der Waals surface area contributed by atoms with Crippen LogP contribution in [0.1, 0.15) is 22.8 Å². The Hall–Kier alpha value is -2.57. The smallest absolute Gasteiger partial charge is 0.435 e. The van der Waals surface area contributed by atoms with E-state index in [9.17, 15) is 9.59 Å². The van der Waals surface area contributed by atoms with Crippen LogP contribution >= 0.6 is 0 Å². The van der Waals surface area contributed by atoms with Gasteiger partial charge in [-0.05, 0) is 19.1 Å². The number of aliphatic imine (C=N–C) groups is 1. The standard InChI is InChI=1S/C12H14N3O4/c1-3-19-12(17)15-10(13)7-4-5-8(11(14)16)9(6-7)18-2/h4-6,14H,3H2,1-2H3,(H2,13,15,17). The quantitative estimate of drug-likeness (QED) is 0.643. The van der Waals surface area contributed by atoms with Gasteiger partial charge in [0.25, 0.3) is 5.91 Å². The molecule has 0 unspecified atom stereocenters. The normalized spacial score (nSPS) is 10.9. The Balaban J connectivity index is 3.08. The average molecular weight is 264 g/mol. The summed E-state index contributed by atoms with van der Waals surface area (Å²) < 4.78 is 9.61. The van der Waals surface area contributed by atoms with Gasteiger partial charge in [0.1, 0.15) is 11.6 Å². The van der Waals surface area contributed by atoms with E-state index in [1.165, 1.54) is 25.3 Å². The highest BCUT2D eigenvalue weighted by molar-refractivity contribution is 6.04. The second-order valence-electron chi connectivity index (χ2n) is 3.44. The maximum atomic E-state index is 11.2. The van der Waals surface area contributed by atoms with E-state index in [0.29, 0.717) is 5.56 Å². The second kappa shape index (κ2) is 6.39. The first-order chi connectivity index (χ1) is 8.99. The number of carbonyl (C=O) groups excluding carboxylic acids is 2. The number of ether oxygens (including phenoxy) is 2. The van der Waals surface area contributed by atoms with Crippen LogP contribution in [0.25, 0.3) is 0 Å². The molecule has 7 nitrogen and oxygen atoms in total. The number of rotatable bonds is 4. The third-order valence-electron chi connectivity index (χ3n) is 2.22. The minimum Gasteiger partial charge on any atom is -0.496 e. The van der Waals surface area contributed by atoms with Gasteiger partial charge < -0.3 is 15.2 Å². The van der Waals surface area contributed by atoms with Gasteiger partial charge in [-0.2, -0.15) is 4.99 Å². The van der Waals surface area contributed by atoms with E-state index in [1.54, 1.807) is 6.92 Å². The molecular weight excluding hydrogens is 250 g/mol. The van der Waals surface area contributed by atoms with Gasteiger partial charge in [-0.25, -0.2) is 4.79 Å². The molecule has 2 amide bonds. The lowest BCUT2D eigenvalue weighted by atomic mass is 10.1. The van der Waals surface area contributed by atoms with Crippen LogP contribution in [0.5, 0.6) is 5.75 Å². The molecule has 0 aromatic heterocycles. The number of methoxy groups -OCH3 is 1. The van der Waals surface area contributed by atoms with E-state index in [2.05, 4.69) is 9.73 Å². The predicted molar refractivity (Wildman–Crippen MR) is 68.2 cm³/mol. The number of amides is 2. The van der Waals surface area contributed by atoms with Crippen molar-refractivity contribution in [2.75, 3.05) is 13.7 Å². The maximum absolute atomic E-state index is 11.2. The fourth-order valence-electron chi connectivity index (χ4n) is 1.36. The lowest BCUT2D eigenvalue weighted by molar-refractivity contribution is 0.0989. The number of hydrogen-bond donors (Lipinski definition) is 1. The molecule has 0 aliphatic heterocycles. The predicted octanol–water partition coefficient (Wildman–Crippen LogP) is 0.980. The van der Waals surface area contributed by atoms with E-state index in [4.69, 9.17) is 16.2 Å². The Labute approximate surface area is 110 Å². The van der Waals surface area contributed by atoms with Crippen molar-refractivity contribution >= 4 is 17.8 Å². The largest absolute Gasteiger partial charge is 0.496 e. The fourth-order valence-corrected chi connectivity index (χ4v) is 1.36. The number of nitrogens with zero attached hydrogens (tertiary/aromatic N) is 1. The Morgan fingerprint density at radius 2 is 2.11 bits per heavy atom. The van der Waals surface area contributed by atoms with Gasteiger partial charge in [0, 0.05) is 5.56 Å². The van der Waals surface area contributed by atoms with Gasteiger partial charge in [0.05, 0.1) is 19.3 Å². The monoisotopic (exact) mass is 264 g/mol. The van der Waals surface area contributed by atoms with Crippen molar-refractivity contribution in [3.8, 4) is 5.75 Å². The van der Waals surface area contributed by atoms with E-state index in [-0.39, 0.29) is 23.8 Å². The molecule has 0 saturated carbocycles. The highest BCUT2D eigenvalue weighted by Gasteiger charge is 2.12. The second-order valence-corrected chi connectivity index (χ2v) is 3.44. The zero-order valence-electron chi connectivity index (χ0n) is 10.6. The van der Waals surface area contributed by atoms with Crippen molar-refractivity contribution in [2.45, 2.75) is 6.92 Å². The van der Waals surface area contributed by atoms with Gasteiger partial charge in [0.15, 0.2) is 0 Å². The minimum absolute atomic E-state index is 0.0549. The third-order valence-corrected chi connectivity index (χ3v) is 2.22. The Kier molecular flexibility index (Phi) is 4.87. The lowest BCUT2D eigenvalue weighted by Crippen LogP contribution is -2.17. The fraction of sp³-hybridized carbons (Fsp3) is 0.250. The summed E-state index contributed by atoms with van der Waals surface area (Å²) in [5.41, 5.74) is 13.2. The SMILES string of the molecule is CCOC(=O)/N=C(\N)c1ccc(C([NH])=O)c(OC)c1. The van der Waals surface area contributed by atoms with Crippen molar-refractivity contribution in [1.82, 2.24) is 5.73 Å². The Morgan fingerprint density at radius 1 is 1.42 bits per heavy atom. The number of carbonyl (C=O) groups is 2. The first-order valence-corrected chi connectivity index (χ1v) is 5.44. The molecule has 0 aliphatic rings. The zero-order chi connectivity index (χ0) is 14.4. The van der Waals surface area contributed by atoms with E-state index < -0.39 is 12.0 Å². The van der Waals surface area contributed by atoms with Crippen molar-refractivity contribution < 1.29 is 19.1 Å². The molecular formula is C12H14N3O4. The summed E-state index contributed by atoms with van der Waals surface area (Å²) in [5, 5.41) is 0. The van der Waals surface area contributed by atoms with Crippen molar-refractivity contribution in [3.05, 3.63) is 29.3 Å². The minimum atomic E-state index is -0.871. The highest BCUT2D eigenvalue weighted by Crippen LogP contribution is 2.20. The molecule has 0 spiro atoms. The summed E-state index contributed by atoms with van der Waals surface area (Å²) in [4.78, 5) is 25.7. The Bertz CT molecular complexity index is 526. The summed E-state index contributed by atoms with van der Waals surface area (Å²) in [6, 6.07) is 4.29. The van der Waals surface area contributed by atoms with Crippen LogP contribution in [0.3, 0.4) is 0 Å². The van der Waals surface area contributed by atoms with E-state index in [0.717, 1.165) is 0 Å². The summed E-state index contributed by atoms with van der Waals surface area (Å²) in [7, 11) is 1.37. The molecule has 3 N–H and O–H groups in total. The van der Waals surface area contributed by atoms with Crippen LogP contribution < -0.4 is 16.2 Å². The molecule has 0 saturated heterocycles. The number of nitrogens with two attached hydrogens (primary N) is 1. The number of amidine groups is 1. The molecule has 1 aromatic rings. The summed E-state index contributed by atoms with van der Waals surface area (Å²) in [5.74, 6) is -0.732. The maximum Gasteiger partial charge on any atom is 0.435 e. The molecule has 0 aliphatic carbocycles. The molecule has 0 bridgehead atoms. The van der Waals surface area contributed by atoms with Crippen LogP contribution in [0, 0.1) is 0 Å². The van der Waals surface area contributed by atoms with Crippen molar-refractivity contribution in [3.63, 3.8) is 0 Å². The summed E-state index contributed by atoms with van der Waals surface area (Å²) in [6.45, 7) is 1.85. The van der Waals surface area contributed by atoms with Gasteiger partial charge in [-0.1, -0.05) is 6.07 Å². The van der Waals surface area contributed by atoms with E-state index >= 15 is 0 Å². The number of nitrogens with one attached hydrogen (secondary N) is 1. The molecule has 1 radical (unpaired) electrons.